The molecule has 0 bridgehead atoms. The zero-order valence-electron chi connectivity index (χ0n) is 12.2. The van der Waals surface area contributed by atoms with Crippen LogP contribution in [-0.4, -0.2) is 0 Å². The van der Waals surface area contributed by atoms with Gasteiger partial charge in [-0.3, -0.25) is 0 Å². The van der Waals surface area contributed by atoms with Crippen LogP contribution in [0.3, 0.4) is 0 Å². The number of nitrogens with two attached hydrogens (primary N) is 1. The molecule has 0 aromatic heterocycles. The van der Waals surface area contributed by atoms with Gasteiger partial charge in [-0.25, -0.2) is 4.39 Å². The quantitative estimate of drug-likeness (QED) is 0.848. The van der Waals surface area contributed by atoms with Crippen molar-refractivity contribution in [2.75, 3.05) is 0 Å². The largest absolute Gasteiger partial charge is 0.320 e. The maximum atomic E-state index is 13.6. The summed E-state index contributed by atoms with van der Waals surface area (Å²) in [6.45, 7) is 8.21. The van der Waals surface area contributed by atoms with Crippen LogP contribution in [0.15, 0.2) is 24.3 Å². The lowest BCUT2D eigenvalue weighted by Crippen LogP contribution is -2.17. The van der Waals surface area contributed by atoms with Crippen LogP contribution < -0.4 is 5.73 Å². The second kappa shape index (κ2) is 5.55. The molecule has 2 N–H and O–H groups in total. The standard InChI is InChI=1S/C17H19ClFN/c1-9-8-10(2)12(4)15(11(9)3)17(20)13-6-5-7-14(19)16(13)18/h5-8,17H,20H2,1-4H3. The summed E-state index contributed by atoms with van der Waals surface area (Å²) < 4.78 is 13.6. The first-order valence-corrected chi connectivity index (χ1v) is 6.99. The normalized spacial score (nSPS) is 12.6. The molecule has 0 aliphatic heterocycles. The topological polar surface area (TPSA) is 26.0 Å². The molecule has 0 amide bonds. The zero-order chi connectivity index (χ0) is 15.0. The van der Waals surface area contributed by atoms with Crippen LogP contribution in [0.2, 0.25) is 5.02 Å². The Morgan fingerprint density at radius 1 is 1.05 bits per heavy atom. The van der Waals surface area contributed by atoms with Crippen LogP contribution in [0.1, 0.15) is 39.4 Å². The van der Waals surface area contributed by atoms with Crippen molar-refractivity contribution in [3.05, 3.63) is 68.5 Å². The molecule has 3 heteroatoms. The van der Waals surface area contributed by atoms with E-state index in [1.54, 1.807) is 12.1 Å². The summed E-state index contributed by atoms with van der Waals surface area (Å²) >= 11 is 6.07. The minimum Gasteiger partial charge on any atom is -0.320 e. The first-order chi connectivity index (χ1) is 9.34. The van der Waals surface area contributed by atoms with Crippen molar-refractivity contribution in [3.8, 4) is 0 Å². The fraction of sp³-hybridized carbons (Fsp3) is 0.294. The van der Waals surface area contributed by atoms with E-state index in [1.165, 1.54) is 17.2 Å². The highest BCUT2D eigenvalue weighted by molar-refractivity contribution is 6.31. The molecule has 0 fully saturated rings. The highest BCUT2D eigenvalue weighted by Gasteiger charge is 2.20. The SMILES string of the molecule is Cc1cc(C)c(C)c(C(N)c2cccc(F)c2Cl)c1C. The molecule has 2 aromatic rings. The second-order valence-electron chi connectivity index (χ2n) is 5.29. The maximum Gasteiger partial charge on any atom is 0.142 e. The van der Waals surface area contributed by atoms with Crippen molar-refractivity contribution in [3.63, 3.8) is 0 Å². The third kappa shape index (κ3) is 2.46. The van der Waals surface area contributed by atoms with Gasteiger partial charge in [-0.15, -0.1) is 0 Å². The minimum atomic E-state index is -0.431. The lowest BCUT2D eigenvalue weighted by Gasteiger charge is -2.22. The number of hydrogen-bond acceptors (Lipinski definition) is 1. The average molecular weight is 292 g/mol. The first kappa shape index (κ1) is 15.0. The van der Waals surface area contributed by atoms with E-state index >= 15 is 0 Å². The summed E-state index contributed by atoms with van der Waals surface area (Å²) in [5, 5.41) is 0.109. The third-order valence-electron chi connectivity index (χ3n) is 4.05. The highest BCUT2D eigenvalue weighted by atomic mass is 35.5. The van der Waals surface area contributed by atoms with Crippen LogP contribution in [0.5, 0.6) is 0 Å². The Morgan fingerprint density at radius 3 is 2.15 bits per heavy atom. The van der Waals surface area contributed by atoms with Gasteiger partial charge in [0.1, 0.15) is 5.82 Å². The van der Waals surface area contributed by atoms with Gasteiger partial charge in [0, 0.05) is 0 Å². The van der Waals surface area contributed by atoms with E-state index in [4.69, 9.17) is 17.3 Å². The van der Waals surface area contributed by atoms with Crippen LogP contribution in [0.4, 0.5) is 4.39 Å². The predicted octanol–water partition coefficient (Wildman–Crippen LogP) is 4.76. The molecule has 0 spiro atoms. The molecule has 1 nitrogen and oxygen atoms in total. The van der Waals surface area contributed by atoms with Crippen LogP contribution in [0.25, 0.3) is 0 Å². The highest BCUT2D eigenvalue weighted by Crippen LogP contribution is 2.33. The maximum absolute atomic E-state index is 13.6. The molecule has 2 rings (SSSR count). The Kier molecular flexibility index (Phi) is 4.17. The molecule has 20 heavy (non-hydrogen) atoms. The number of benzene rings is 2. The van der Waals surface area contributed by atoms with Gasteiger partial charge in [-0.1, -0.05) is 29.8 Å². The van der Waals surface area contributed by atoms with E-state index in [-0.39, 0.29) is 5.02 Å². The molecule has 1 unspecified atom stereocenters. The number of hydrogen-bond donors (Lipinski definition) is 1. The van der Waals surface area contributed by atoms with Gasteiger partial charge in [0.2, 0.25) is 0 Å². The fourth-order valence-electron chi connectivity index (χ4n) is 2.63. The molecule has 0 radical (unpaired) electrons. The summed E-state index contributed by atoms with van der Waals surface area (Å²) in [5.41, 5.74) is 12.7. The van der Waals surface area contributed by atoms with Crippen molar-refractivity contribution in [1.82, 2.24) is 0 Å². The van der Waals surface area contributed by atoms with Crippen molar-refractivity contribution in [2.24, 2.45) is 5.73 Å². The summed E-state index contributed by atoms with van der Waals surface area (Å²) in [7, 11) is 0. The second-order valence-corrected chi connectivity index (χ2v) is 5.67. The van der Waals surface area contributed by atoms with Crippen molar-refractivity contribution in [2.45, 2.75) is 33.7 Å². The van der Waals surface area contributed by atoms with E-state index in [0.717, 1.165) is 16.7 Å². The van der Waals surface area contributed by atoms with Crippen LogP contribution in [0, 0.1) is 33.5 Å². The number of rotatable bonds is 2. The Balaban J connectivity index is 2.65. The van der Waals surface area contributed by atoms with Gasteiger partial charge in [0.15, 0.2) is 0 Å². The van der Waals surface area contributed by atoms with Crippen molar-refractivity contribution in [1.29, 1.82) is 0 Å². The molecule has 0 aliphatic carbocycles. The molecule has 106 valence electrons. The minimum absolute atomic E-state index is 0.109. The third-order valence-corrected chi connectivity index (χ3v) is 4.45. The average Bonchev–Trinajstić information content (AvgIpc) is 2.40. The molecular weight excluding hydrogens is 273 g/mol. The van der Waals surface area contributed by atoms with Gasteiger partial charge in [0.05, 0.1) is 11.1 Å². The van der Waals surface area contributed by atoms with E-state index in [9.17, 15) is 4.39 Å². The van der Waals surface area contributed by atoms with Crippen LogP contribution >= 0.6 is 11.6 Å². The molecule has 2 aromatic carbocycles. The summed E-state index contributed by atoms with van der Waals surface area (Å²) in [5.74, 6) is -0.431. The smallest absolute Gasteiger partial charge is 0.142 e. The Bertz CT molecular complexity index is 638. The number of halogens is 2. The molecule has 1 atom stereocenters. The monoisotopic (exact) mass is 291 g/mol. The fourth-order valence-corrected chi connectivity index (χ4v) is 2.87. The van der Waals surface area contributed by atoms with Gasteiger partial charge in [-0.05, 0) is 67.1 Å². The van der Waals surface area contributed by atoms with Gasteiger partial charge < -0.3 is 5.73 Å². The predicted molar refractivity (Wildman–Crippen MR) is 82.8 cm³/mol. The zero-order valence-corrected chi connectivity index (χ0v) is 13.0. The lowest BCUT2D eigenvalue weighted by molar-refractivity contribution is 0.624. The molecule has 0 saturated carbocycles. The van der Waals surface area contributed by atoms with Gasteiger partial charge >= 0.3 is 0 Å². The molecule has 0 aliphatic rings. The van der Waals surface area contributed by atoms with E-state index in [1.807, 2.05) is 13.8 Å². The van der Waals surface area contributed by atoms with Crippen LogP contribution in [-0.2, 0) is 0 Å². The Labute approximate surface area is 124 Å². The van der Waals surface area contributed by atoms with E-state index < -0.39 is 11.9 Å². The summed E-state index contributed by atoms with van der Waals surface area (Å²) in [6.07, 6.45) is 0. The molecule has 0 saturated heterocycles. The number of aryl methyl sites for hydroxylation is 2. The Morgan fingerprint density at radius 2 is 1.60 bits per heavy atom. The van der Waals surface area contributed by atoms with Crippen molar-refractivity contribution >= 4 is 11.6 Å². The molecular formula is C17H19ClFN. The molecule has 0 heterocycles. The van der Waals surface area contributed by atoms with E-state index in [0.29, 0.717) is 5.56 Å². The van der Waals surface area contributed by atoms with Crippen molar-refractivity contribution < 1.29 is 4.39 Å². The summed E-state index contributed by atoms with van der Waals surface area (Å²) in [6, 6.07) is 6.50. The first-order valence-electron chi connectivity index (χ1n) is 6.61. The summed E-state index contributed by atoms with van der Waals surface area (Å²) in [4.78, 5) is 0. The lowest BCUT2D eigenvalue weighted by atomic mass is 9.87. The van der Waals surface area contributed by atoms with E-state index in [2.05, 4.69) is 19.9 Å². The van der Waals surface area contributed by atoms with Gasteiger partial charge in [-0.2, -0.15) is 0 Å². The Hall–Kier alpha value is -1.38. The van der Waals surface area contributed by atoms with Gasteiger partial charge in [0.25, 0.3) is 0 Å².